The molecular weight excluding hydrogens is 411 g/mol. The Balaban J connectivity index is 1.66. The summed E-state index contributed by atoms with van der Waals surface area (Å²) in [7, 11) is 0. The summed E-state index contributed by atoms with van der Waals surface area (Å²) in [5.74, 6) is -1.19. The van der Waals surface area contributed by atoms with Crippen LogP contribution in [0.3, 0.4) is 0 Å². The Labute approximate surface area is 175 Å². The first-order valence-corrected chi connectivity index (χ1v) is 9.90. The van der Waals surface area contributed by atoms with Crippen molar-refractivity contribution in [1.82, 2.24) is 14.8 Å². The van der Waals surface area contributed by atoms with Gasteiger partial charge in [0.15, 0.2) is 5.43 Å². The molecule has 0 saturated carbocycles. The van der Waals surface area contributed by atoms with E-state index in [-0.39, 0.29) is 17.9 Å². The molecule has 2 heterocycles. The number of carbonyl (C=O) groups is 2. The number of aromatic nitrogens is 1. The molecule has 1 aromatic heterocycles. The van der Waals surface area contributed by atoms with E-state index in [1.165, 1.54) is 4.90 Å². The van der Waals surface area contributed by atoms with Gasteiger partial charge in [-0.25, -0.2) is 0 Å². The number of likely N-dealkylation sites (tertiary alicyclic amines) is 1. The molecule has 1 aliphatic heterocycles. The maximum atomic E-state index is 13.1. The molecule has 1 fully saturated rings. The third kappa shape index (κ3) is 4.12. The van der Waals surface area contributed by atoms with Gasteiger partial charge in [-0.15, -0.1) is 0 Å². The third-order valence-corrected chi connectivity index (χ3v) is 5.51. The summed E-state index contributed by atoms with van der Waals surface area (Å²) in [5, 5.41) is 2.81. The number of rotatable bonds is 4. The van der Waals surface area contributed by atoms with Gasteiger partial charge in [0, 0.05) is 17.3 Å². The van der Waals surface area contributed by atoms with Crippen LogP contribution in [0.25, 0.3) is 21.8 Å². The molecule has 1 atom stereocenters. The highest BCUT2D eigenvalue weighted by Gasteiger charge is 2.36. The van der Waals surface area contributed by atoms with E-state index >= 15 is 0 Å². The molecule has 0 radical (unpaired) electrons. The highest BCUT2D eigenvalue weighted by molar-refractivity contribution is 5.95. The van der Waals surface area contributed by atoms with Gasteiger partial charge in [-0.05, 0) is 37.1 Å². The molecule has 0 aliphatic carbocycles. The van der Waals surface area contributed by atoms with Crippen molar-refractivity contribution in [2.45, 2.75) is 31.6 Å². The van der Waals surface area contributed by atoms with Crippen molar-refractivity contribution >= 4 is 33.6 Å². The van der Waals surface area contributed by atoms with E-state index in [4.69, 9.17) is 0 Å². The molecule has 2 aromatic carbocycles. The first-order chi connectivity index (χ1) is 14.8. The van der Waals surface area contributed by atoms with Crippen LogP contribution in [0, 0.1) is 0 Å². The molecule has 162 valence electrons. The van der Waals surface area contributed by atoms with Gasteiger partial charge in [0.2, 0.25) is 11.8 Å². The number of hydrogen-bond acceptors (Lipinski definition) is 3. The average molecular weight is 431 g/mol. The van der Waals surface area contributed by atoms with Crippen LogP contribution in [-0.2, 0) is 16.1 Å². The highest BCUT2D eigenvalue weighted by Crippen LogP contribution is 2.22. The Morgan fingerprint density at radius 1 is 1.00 bits per heavy atom. The Bertz CT molecular complexity index is 1160. The smallest absolute Gasteiger partial charge is 0.345 e. The maximum absolute atomic E-state index is 13.1. The van der Waals surface area contributed by atoms with Gasteiger partial charge >= 0.3 is 6.18 Å². The number of pyridine rings is 1. The molecule has 3 aromatic rings. The zero-order chi connectivity index (χ0) is 22.2. The summed E-state index contributed by atoms with van der Waals surface area (Å²) in [6, 6.07) is 12.9. The lowest BCUT2D eigenvalue weighted by molar-refractivity contribution is -0.145. The minimum atomic E-state index is -4.52. The summed E-state index contributed by atoms with van der Waals surface area (Å²) >= 11 is 0. The van der Waals surface area contributed by atoms with Crippen LogP contribution in [0.1, 0.15) is 12.8 Å². The second-order valence-electron chi connectivity index (χ2n) is 7.53. The summed E-state index contributed by atoms with van der Waals surface area (Å²) in [4.78, 5) is 39.6. The van der Waals surface area contributed by atoms with Crippen LogP contribution in [0.5, 0.6) is 0 Å². The monoisotopic (exact) mass is 431 g/mol. The topological polar surface area (TPSA) is 71.4 Å². The van der Waals surface area contributed by atoms with E-state index in [1.54, 1.807) is 53.1 Å². The highest BCUT2D eigenvalue weighted by atomic mass is 19.4. The van der Waals surface area contributed by atoms with Gasteiger partial charge in [-0.1, -0.05) is 24.3 Å². The van der Waals surface area contributed by atoms with Crippen molar-refractivity contribution in [2.24, 2.45) is 0 Å². The third-order valence-electron chi connectivity index (χ3n) is 5.51. The number of benzene rings is 2. The quantitative estimate of drug-likeness (QED) is 0.646. The molecule has 0 bridgehead atoms. The van der Waals surface area contributed by atoms with E-state index in [1.807, 2.05) is 5.32 Å². The lowest BCUT2D eigenvalue weighted by atomic mass is 10.1. The van der Waals surface area contributed by atoms with Crippen LogP contribution < -0.4 is 10.7 Å². The van der Waals surface area contributed by atoms with Gasteiger partial charge in [0.1, 0.15) is 19.1 Å². The molecule has 6 nitrogen and oxygen atoms in total. The number of carbonyl (C=O) groups excluding carboxylic acids is 2. The molecule has 9 heteroatoms. The molecule has 4 rings (SSSR count). The summed E-state index contributed by atoms with van der Waals surface area (Å²) in [6.45, 7) is -1.28. The van der Waals surface area contributed by atoms with Gasteiger partial charge in [-0.2, -0.15) is 13.2 Å². The lowest BCUT2D eigenvalue weighted by Crippen LogP contribution is -2.48. The van der Waals surface area contributed by atoms with E-state index in [2.05, 4.69) is 0 Å². The number of nitrogens with zero attached hydrogens (tertiary/aromatic N) is 2. The zero-order valence-electron chi connectivity index (χ0n) is 16.5. The van der Waals surface area contributed by atoms with Crippen LogP contribution in [-0.4, -0.2) is 46.6 Å². The molecule has 2 amide bonds. The van der Waals surface area contributed by atoms with Crippen LogP contribution >= 0.6 is 0 Å². The van der Waals surface area contributed by atoms with Crippen molar-refractivity contribution in [3.05, 3.63) is 58.8 Å². The van der Waals surface area contributed by atoms with Crippen molar-refractivity contribution < 1.29 is 22.8 Å². The number of nitrogens with one attached hydrogen (secondary N) is 1. The number of halogens is 3. The molecule has 1 saturated heterocycles. The Morgan fingerprint density at radius 3 is 2.16 bits per heavy atom. The zero-order valence-corrected chi connectivity index (χ0v) is 16.5. The molecule has 1 N–H and O–H groups in total. The molecule has 0 spiro atoms. The van der Waals surface area contributed by atoms with E-state index in [0.717, 1.165) is 0 Å². The Kier molecular flexibility index (Phi) is 5.43. The molecule has 1 unspecified atom stereocenters. The van der Waals surface area contributed by atoms with Crippen LogP contribution in [0.15, 0.2) is 53.3 Å². The van der Waals surface area contributed by atoms with E-state index < -0.39 is 24.7 Å². The fraction of sp³-hybridized carbons (Fsp3) is 0.318. The van der Waals surface area contributed by atoms with E-state index in [9.17, 15) is 27.6 Å². The summed E-state index contributed by atoms with van der Waals surface area (Å²) in [6.07, 6.45) is -3.68. The first-order valence-electron chi connectivity index (χ1n) is 9.90. The van der Waals surface area contributed by atoms with Crippen molar-refractivity contribution in [2.75, 3.05) is 13.1 Å². The van der Waals surface area contributed by atoms with Crippen molar-refractivity contribution in [3.63, 3.8) is 0 Å². The average Bonchev–Trinajstić information content (AvgIpc) is 3.24. The molecule has 1 aliphatic rings. The molecular formula is C22H20F3N3O3. The fourth-order valence-electron chi connectivity index (χ4n) is 4.12. The van der Waals surface area contributed by atoms with Crippen molar-refractivity contribution in [1.29, 1.82) is 0 Å². The number of fused-ring (bicyclic) bond motifs is 2. The Morgan fingerprint density at radius 2 is 1.58 bits per heavy atom. The maximum Gasteiger partial charge on any atom is 0.405 e. The van der Waals surface area contributed by atoms with Crippen LogP contribution in [0.4, 0.5) is 13.2 Å². The first kappa shape index (κ1) is 20.9. The van der Waals surface area contributed by atoms with Gasteiger partial charge in [0.25, 0.3) is 0 Å². The van der Waals surface area contributed by atoms with Gasteiger partial charge in [0.05, 0.1) is 11.0 Å². The SMILES string of the molecule is O=C(NCC(F)(F)F)C1CCCN1C(=O)Cn1c2ccccc2c(=O)c2ccccc21. The van der Waals surface area contributed by atoms with Gasteiger partial charge in [-0.3, -0.25) is 14.4 Å². The minimum Gasteiger partial charge on any atom is -0.345 e. The normalized spacial score (nSPS) is 16.7. The molecule has 31 heavy (non-hydrogen) atoms. The number of alkyl halides is 3. The second kappa shape index (κ2) is 8.05. The number of amides is 2. The van der Waals surface area contributed by atoms with Gasteiger partial charge < -0.3 is 14.8 Å². The second-order valence-corrected chi connectivity index (χ2v) is 7.53. The number of hydrogen-bond donors (Lipinski definition) is 1. The lowest BCUT2D eigenvalue weighted by Gasteiger charge is -2.25. The summed E-state index contributed by atoms with van der Waals surface area (Å²) in [5.41, 5.74) is 1.02. The van der Waals surface area contributed by atoms with Crippen LogP contribution in [0.2, 0.25) is 0 Å². The standard InChI is InChI=1S/C22H20F3N3O3/c23-22(24,25)13-26-21(31)18-10-5-11-27(18)19(29)12-28-16-8-3-1-6-14(16)20(30)15-7-2-4-9-17(15)28/h1-4,6-9,18H,5,10-13H2,(H,26,31). The summed E-state index contributed by atoms with van der Waals surface area (Å²) < 4.78 is 39.1. The largest absolute Gasteiger partial charge is 0.405 e. The predicted molar refractivity (Wildman–Crippen MR) is 110 cm³/mol. The number of para-hydroxylation sites is 2. The fourth-order valence-corrected chi connectivity index (χ4v) is 4.12. The van der Waals surface area contributed by atoms with Crippen molar-refractivity contribution in [3.8, 4) is 0 Å². The minimum absolute atomic E-state index is 0.135. The Hall–Kier alpha value is -3.36. The predicted octanol–water partition coefficient (Wildman–Crippen LogP) is 2.82. The van der Waals surface area contributed by atoms with E-state index in [0.29, 0.717) is 41.2 Å².